The second-order valence-electron chi connectivity index (χ2n) is 9.81. The Bertz CT molecular complexity index is 1380. The SMILES string of the molecule is CN1CCc2cc(-c3ccc4nccc(C(=O)CCC(=O)N5CC(C)(F)C[C@H]5C#N)c4c3)ccc21. The van der Waals surface area contributed by atoms with Crippen molar-refractivity contribution in [2.45, 2.75) is 44.3 Å². The van der Waals surface area contributed by atoms with Crippen LogP contribution in [0.1, 0.15) is 42.1 Å². The fraction of sp³-hybridized carbons (Fsp3) is 0.357. The Balaban J connectivity index is 1.37. The van der Waals surface area contributed by atoms with Gasteiger partial charge in [0.05, 0.1) is 18.1 Å². The van der Waals surface area contributed by atoms with E-state index >= 15 is 0 Å². The molecular formula is C28H27FN4O2. The van der Waals surface area contributed by atoms with Crippen molar-refractivity contribution in [1.82, 2.24) is 9.88 Å². The van der Waals surface area contributed by atoms with E-state index in [1.54, 1.807) is 12.3 Å². The molecule has 0 N–H and O–H groups in total. The molecule has 0 aliphatic carbocycles. The lowest BCUT2D eigenvalue weighted by Gasteiger charge is -2.19. The Hall–Kier alpha value is -3.79. The van der Waals surface area contributed by atoms with Crippen LogP contribution in [0.15, 0.2) is 48.7 Å². The van der Waals surface area contributed by atoms with E-state index in [-0.39, 0.29) is 37.5 Å². The van der Waals surface area contributed by atoms with Gasteiger partial charge in [-0.1, -0.05) is 12.1 Å². The van der Waals surface area contributed by atoms with Crippen LogP contribution in [0.2, 0.25) is 0 Å². The van der Waals surface area contributed by atoms with Crippen LogP contribution in [0, 0.1) is 11.3 Å². The lowest BCUT2D eigenvalue weighted by atomic mass is 9.96. The highest BCUT2D eigenvalue weighted by molar-refractivity contribution is 6.08. The van der Waals surface area contributed by atoms with Crippen LogP contribution in [0.5, 0.6) is 0 Å². The topological polar surface area (TPSA) is 77.3 Å². The van der Waals surface area contributed by atoms with Crippen LogP contribution in [0.3, 0.4) is 0 Å². The fourth-order valence-electron chi connectivity index (χ4n) is 5.23. The van der Waals surface area contributed by atoms with E-state index in [1.807, 2.05) is 24.3 Å². The Labute approximate surface area is 204 Å². The molecule has 2 atom stereocenters. The second kappa shape index (κ2) is 8.77. The summed E-state index contributed by atoms with van der Waals surface area (Å²) in [5.74, 6) is -0.539. The summed E-state index contributed by atoms with van der Waals surface area (Å²) in [6, 6.07) is 15.2. The van der Waals surface area contributed by atoms with E-state index in [0.717, 1.165) is 29.5 Å². The monoisotopic (exact) mass is 470 g/mol. The minimum absolute atomic E-state index is 0.0000630. The molecule has 35 heavy (non-hydrogen) atoms. The molecule has 1 fully saturated rings. The average Bonchev–Trinajstić information content (AvgIpc) is 3.39. The van der Waals surface area contributed by atoms with Crippen LogP contribution in [0.4, 0.5) is 10.1 Å². The van der Waals surface area contributed by atoms with E-state index < -0.39 is 11.7 Å². The molecular weight excluding hydrogens is 443 g/mol. The molecule has 3 heterocycles. The molecule has 0 spiro atoms. The maximum atomic E-state index is 14.3. The number of halogens is 1. The summed E-state index contributed by atoms with van der Waals surface area (Å²) in [6.45, 7) is 2.29. The number of alkyl halides is 1. The van der Waals surface area contributed by atoms with Gasteiger partial charge in [-0.05, 0) is 60.4 Å². The summed E-state index contributed by atoms with van der Waals surface area (Å²) in [4.78, 5) is 33.8. The molecule has 6 nitrogen and oxygen atoms in total. The van der Waals surface area contributed by atoms with Crippen molar-refractivity contribution in [2.24, 2.45) is 0 Å². The number of Topliss-reactive ketones (excluding diaryl/α,β-unsaturated/α-hetero) is 1. The summed E-state index contributed by atoms with van der Waals surface area (Å²) in [7, 11) is 2.09. The number of nitrogens with zero attached hydrogens (tertiary/aromatic N) is 4. The molecule has 178 valence electrons. The minimum atomic E-state index is -1.58. The normalized spacial score (nSPS) is 21.3. The zero-order valence-electron chi connectivity index (χ0n) is 19.9. The van der Waals surface area contributed by atoms with Crippen molar-refractivity contribution < 1.29 is 14.0 Å². The zero-order chi connectivity index (χ0) is 24.7. The largest absolute Gasteiger partial charge is 0.374 e. The summed E-state index contributed by atoms with van der Waals surface area (Å²) in [6.07, 6.45) is 2.54. The number of fused-ring (bicyclic) bond motifs is 2. The van der Waals surface area contributed by atoms with Crippen LogP contribution >= 0.6 is 0 Å². The van der Waals surface area contributed by atoms with E-state index in [4.69, 9.17) is 0 Å². The molecule has 0 saturated carbocycles. The molecule has 2 aromatic carbocycles. The number of rotatable bonds is 5. The van der Waals surface area contributed by atoms with Gasteiger partial charge in [0, 0.05) is 55.7 Å². The second-order valence-corrected chi connectivity index (χ2v) is 9.81. The van der Waals surface area contributed by atoms with Crippen molar-refractivity contribution in [3.63, 3.8) is 0 Å². The number of carbonyl (C=O) groups is 2. The fourth-order valence-corrected chi connectivity index (χ4v) is 5.23. The van der Waals surface area contributed by atoms with Crippen LogP contribution in [0.25, 0.3) is 22.0 Å². The molecule has 7 heteroatoms. The number of nitriles is 1. The molecule has 0 radical (unpaired) electrons. The lowest BCUT2D eigenvalue weighted by Crippen LogP contribution is -2.36. The van der Waals surface area contributed by atoms with E-state index in [0.29, 0.717) is 11.1 Å². The summed E-state index contributed by atoms with van der Waals surface area (Å²) < 4.78 is 14.3. The third-order valence-corrected chi connectivity index (χ3v) is 7.11. The highest BCUT2D eigenvalue weighted by atomic mass is 19.1. The number of benzene rings is 2. The van der Waals surface area contributed by atoms with E-state index in [2.05, 4.69) is 35.1 Å². The highest BCUT2D eigenvalue weighted by Crippen LogP contribution is 2.33. The van der Waals surface area contributed by atoms with Gasteiger partial charge in [-0.3, -0.25) is 14.6 Å². The molecule has 1 amide bonds. The highest BCUT2D eigenvalue weighted by Gasteiger charge is 2.43. The number of pyridine rings is 1. The molecule has 5 rings (SSSR count). The van der Waals surface area contributed by atoms with Crippen LogP contribution in [-0.4, -0.2) is 53.4 Å². The first kappa shape index (κ1) is 23.0. The van der Waals surface area contributed by atoms with Crippen LogP contribution in [-0.2, 0) is 11.2 Å². The van der Waals surface area contributed by atoms with E-state index in [1.165, 1.54) is 23.1 Å². The average molecular weight is 471 g/mol. The summed E-state index contributed by atoms with van der Waals surface area (Å²) in [5, 5.41) is 10.0. The van der Waals surface area contributed by atoms with Gasteiger partial charge in [-0.15, -0.1) is 0 Å². The predicted octanol–water partition coefficient (Wildman–Crippen LogP) is 4.71. The van der Waals surface area contributed by atoms with Gasteiger partial charge in [0.1, 0.15) is 11.7 Å². The molecule has 0 bridgehead atoms. The van der Waals surface area contributed by atoms with Crippen molar-refractivity contribution >= 4 is 28.3 Å². The maximum Gasteiger partial charge on any atom is 0.224 e. The number of aromatic nitrogens is 1. The van der Waals surface area contributed by atoms with Crippen LogP contribution < -0.4 is 4.90 Å². The third kappa shape index (κ3) is 4.37. The first-order valence-electron chi connectivity index (χ1n) is 11.9. The number of likely N-dealkylation sites (N-methyl/N-ethyl adjacent to an activating group) is 1. The number of hydrogen-bond donors (Lipinski definition) is 0. The molecule has 1 saturated heterocycles. The molecule has 1 aromatic heterocycles. The number of carbonyl (C=O) groups excluding carboxylic acids is 2. The smallest absolute Gasteiger partial charge is 0.224 e. The van der Waals surface area contributed by atoms with Gasteiger partial charge in [-0.25, -0.2) is 4.39 Å². The maximum absolute atomic E-state index is 14.3. The first-order valence-corrected chi connectivity index (χ1v) is 11.9. The number of hydrogen-bond acceptors (Lipinski definition) is 5. The van der Waals surface area contributed by atoms with Gasteiger partial charge in [0.15, 0.2) is 5.78 Å². The summed E-state index contributed by atoms with van der Waals surface area (Å²) >= 11 is 0. The minimum Gasteiger partial charge on any atom is -0.374 e. The molecule has 2 aliphatic rings. The Morgan fingerprint density at radius 1 is 1.17 bits per heavy atom. The van der Waals surface area contributed by atoms with Gasteiger partial charge < -0.3 is 9.80 Å². The number of likely N-dealkylation sites (tertiary alicyclic amines) is 1. The van der Waals surface area contributed by atoms with Gasteiger partial charge in [-0.2, -0.15) is 5.26 Å². The molecule has 2 aliphatic heterocycles. The first-order chi connectivity index (χ1) is 16.8. The summed E-state index contributed by atoms with van der Waals surface area (Å²) in [5.41, 5.74) is 4.30. The third-order valence-electron chi connectivity index (χ3n) is 7.11. The van der Waals surface area contributed by atoms with E-state index in [9.17, 15) is 19.2 Å². The van der Waals surface area contributed by atoms with Crippen molar-refractivity contribution in [2.75, 3.05) is 25.0 Å². The zero-order valence-corrected chi connectivity index (χ0v) is 19.9. The number of amides is 1. The lowest BCUT2D eigenvalue weighted by molar-refractivity contribution is -0.131. The van der Waals surface area contributed by atoms with Crippen molar-refractivity contribution in [1.29, 1.82) is 5.26 Å². The quantitative estimate of drug-likeness (QED) is 0.505. The standard InChI is InChI=1S/C28H27FN4O2/c1-28(29)15-21(16-30)33(17-28)27(35)8-7-26(34)22-9-11-31-24-5-3-19(14-23(22)24)18-4-6-25-20(13-18)10-12-32(25)2/h3-6,9,11,13-14,21H,7-8,10,12,15,17H2,1-2H3/t21-,28?/m0/s1. The van der Waals surface area contributed by atoms with Crippen molar-refractivity contribution in [3.05, 3.63) is 59.8 Å². The molecule has 3 aromatic rings. The predicted molar refractivity (Wildman–Crippen MR) is 133 cm³/mol. The Morgan fingerprint density at radius 2 is 1.94 bits per heavy atom. The number of ketones is 1. The molecule has 1 unspecified atom stereocenters. The van der Waals surface area contributed by atoms with Gasteiger partial charge in [0.25, 0.3) is 0 Å². The van der Waals surface area contributed by atoms with Crippen molar-refractivity contribution in [3.8, 4) is 17.2 Å². The Kier molecular flexibility index (Phi) is 5.76. The number of anilines is 1. The van der Waals surface area contributed by atoms with Gasteiger partial charge in [0.2, 0.25) is 5.91 Å². The Morgan fingerprint density at radius 3 is 2.74 bits per heavy atom. The van der Waals surface area contributed by atoms with Gasteiger partial charge >= 0.3 is 0 Å².